The third kappa shape index (κ3) is 3.09. The summed E-state index contributed by atoms with van der Waals surface area (Å²) in [5.41, 5.74) is 1.62. The molecule has 0 atom stereocenters. The fourth-order valence-corrected chi connectivity index (χ4v) is 2.92. The van der Waals surface area contributed by atoms with Gasteiger partial charge in [0, 0.05) is 13.1 Å². The smallest absolute Gasteiger partial charge is 0.337 e. The molecule has 1 aliphatic rings. The molecule has 104 valence electrons. The van der Waals surface area contributed by atoms with E-state index in [9.17, 15) is 9.90 Å². The minimum Gasteiger partial charge on any atom is -0.478 e. The first kappa shape index (κ1) is 13.9. The highest BCUT2D eigenvalue weighted by molar-refractivity contribution is 5.94. The second kappa shape index (κ2) is 5.24. The molecule has 3 heteroatoms. The normalized spacial score (nSPS) is 17.5. The molecule has 2 rings (SSSR count). The fourth-order valence-electron chi connectivity index (χ4n) is 2.92. The Hall–Kier alpha value is -1.51. The van der Waals surface area contributed by atoms with Crippen LogP contribution in [-0.2, 0) is 0 Å². The maximum Gasteiger partial charge on any atom is 0.337 e. The number of carboxylic acid groups (broad SMARTS) is 1. The van der Waals surface area contributed by atoms with Crippen LogP contribution in [0.2, 0.25) is 0 Å². The molecule has 0 unspecified atom stereocenters. The molecule has 0 aromatic heterocycles. The highest BCUT2D eigenvalue weighted by Crippen LogP contribution is 2.36. The van der Waals surface area contributed by atoms with Crippen molar-refractivity contribution in [1.29, 1.82) is 0 Å². The molecular formula is C16H23NO2. The van der Waals surface area contributed by atoms with Gasteiger partial charge in [-0.25, -0.2) is 4.79 Å². The van der Waals surface area contributed by atoms with Gasteiger partial charge in [0.1, 0.15) is 0 Å². The standard InChI is InChI=1S/C16H23NO2/c1-16(2,3)12-8-10-17(11-9-12)14-7-5-4-6-13(14)15(18)19/h4-7,12H,8-11H2,1-3H3,(H,18,19). The van der Waals surface area contributed by atoms with E-state index in [1.807, 2.05) is 12.1 Å². The van der Waals surface area contributed by atoms with E-state index in [0.29, 0.717) is 11.0 Å². The molecule has 1 N–H and O–H groups in total. The van der Waals surface area contributed by atoms with Gasteiger partial charge in [-0.2, -0.15) is 0 Å². The summed E-state index contributed by atoms with van der Waals surface area (Å²) in [6.07, 6.45) is 2.27. The van der Waals surface area contributed by atoms with Gasteiger partial charge in [0.15, 0.2) is 0 Å². The molecule has 1 aliphatic heterocycles. The van der Waals surface area contributed by atoms with Crippen molar-refractivity contribution in [2.24, 2.45) is 11.3 Å². The summed E-state index contributed by atoms with van der Waals surface area (Å²) < 4.78 is 0. The van der Waals surface area contributed by atoms with Crippen molar-refractivity contribution in [3.8, 4) is 0 Å². The zero-order valence-corrected chi connectivity index (χ0v) is 12.0. The summed E-state index contributed by atoms with van der Waals surface area (Å²) in [6, 6.07) is 7.31. The second-order valence-corrected chi connectivity index (χ2v) is 6.45. The summed E-state index contributed by atoms with van der Waals surface area (Å²) >= 11 is 0. The van der Waals surface area contributed by atoms with Gasteiger partial charge in [-0.05, 0) is 36.3 Å². The molecule has 1 aromatic rings. The number of aromatic carboxylic acids is 1. The number of para-hydroxylation sites is 1. The van der Waals surface area contributed by atoms with Gasteiger partial charge in [0.05, 0.1) is 11.3 Å². The summed E-state index contributed by atoms with van der Waals surface area (Å²) in [5, 5.41) is 9.25. The molecule has 19 heavy (non-hydrogen) atoms. The lowest BCUT2D eigenvalue weighted by Gasteiger charge is -2.40. The topological polar surface area (TPSA) is 40.5 Å². The van der Waals surface area contributed by atoms with Crippen LogP contribution in [0.25, 0.3) is 0 Å². The van der Waals surface area contributed by atoms with Crippen LogP contribution in [-0.4, -0.2) is 24.2 Å². The Labute approximate surface area is 115 Å². The predicted molar refractivity (Wildman–Crippen MR) is 77.8 cm³/mol. The SMILES string of the molecule is CC(C)(C)C1CCN(c2ccccc2C(=O)O)CC1. The first-order valence-corrected chi connectivity index (χ1v) is 6.97. The number of carbonyl (C=O) groups is 1. The zero-order chi connectivity index (χ0) is 14.0. The summed E-state index contributed by atoms with van der Waals surface area (Å²) in [6.45, 7) is 8.77. The van der Waals surface area contributed by atoms with Crippen molar-refractivity contribution in [2.45, 2.75) is 33.6 Å². The second-order valence-electron chi connectivity index (χ2n) is 6.45. The van der Waals surface area contributed by atoms with Crippen molar-refractivity contribution in [3.63, 3.8) is 0 Å². The van der Waals surface area contributed by atoms with E-state index in [-0.39, 0.29) is 0 Å². The molecule has 0 amide bonds. The van der Waals surface area contributed by atoms with Crippen LogP contribution in [0.3, 0.4) is 0 Å². The number of carboxylic acids is 1. The molecule has 0 aliphatic carbocycles. The average molecular weight is 261 g/mol. The van der Waals surface area contributed by atoms with E-state index in [4.69, 9.17) is 0 Å². The number of hydrogen-bond acceptors (Lipinski definition) is 2. The number of nitrogens with zero attached hydrogens (tertiary/aromatic N) is 1. The summed E-state index contributed by atoms with van der Waals surface area (Å²) in [4.78, 5) is 13.5. The van der Waals surface area contributed by atoms with Gasteiger partial charge in [-0.1, -0.05) is 32.9 Å². The van der Waals surface area contributed by atoms with E-state index in [1.54, 1.807) is 12.1 Å². The highest BCUT2D eigenvalue weighted by atomic mass is 16.4. The van der Waals surface area contributed by atoms with Crippen LogP contribution in [0.4, 0.5) is 5.69 Å². The highest BCUT2D eigenvalue weighted by Gasteiger charge is 2.29. The minimum absolute atomic E-state index is 0.346. The van der Waals surface area contributed by atoms with Crippen LogP contribution in [0.1, 0.15) is 44.0 Å². The number of anilines is 1. The van der Waals surface area contributed by atoms with Crippen LogP contribution in [0.15, 0.2) is 24.3 Å². The van der Waals surface area contributed by atoms with Crippen molar-refractivity contribution >= 4 is 11.7 Å². The lowest BCUT2D eigenvalue weighted by Crippen LogP contribution is -2.38. The predicted octanol–water partition coefficient (Wildman–Crippen LogP) is 3.65. The van der Waals surface area contributed by atoms with Gasteiger partial charge in [0.25, 0.3) is 0 Å². The van der Waals surface area contributed by atoms with Gasteiger partial charge >= 0.3 is 5.97 Å². The Kier molecular flexibility index (Phi) is 3.83. The summed E-state index contributed by atoms with van der Waals surface area (Å²) in [5.74, 6) is -0.116. The number of rotatable bonds is 2. The minimum atomic E-state index is -0.839. The van der Waals surface area contributed by atoms with Crippen LogP contribution in [0, 0.1) is 11.3 Å². The average Bonchev–Trinajstić information content (AvgIpc) is 2.38. The number of piperidine rings is 1. The van der Waals surface area contributed by atoms with Gasteiger partial charge < -0.3 is 10.0 Å². The van der Waals surface area contributed by atoms with Gasteiger partial charge in [-0.15, -0.1) is 0 Å². The number of hydrogen-bond donors (Lipinski definition) is 1. The molecule has 0 bridgehead atoms. The van der Waals surface area contributed by atoms with Crippen molar-refractivity contribution in [2.75, 3.05) is 18.0 Å². The van der Waals surface area contributed by atoms with Crippen molar-refractivity contribution in [3.05, 3.63) is 29.8 Å². The zero-order valence-electron chi connectivity index (χ0n) is 12.0. The molecule has 1 fully saturated rings. The van der Waals surface area contributed by atoms with Crippen LogP contribution < -0.4 is 4.90 Å². The number of benzene rings is 1. The Bertz CT molecular complexity index is 454. The maximum atomic E-state index is 11.3. The fraction of sp³-hybridized carbons (Fsp3) is 0.562. The van der Waals surface area contributed by atoms with E-state index in [0.717, 1.165) is 37.5 Å². The van der Waals surface area contributed by atoms with Crippen molar-refractivity contribution < 1.29 is 9.90 Å². The van der Waals surface area contributed by atoms with E-state index in [2.05, 4.69) is 25.7 Å². The Balaban J connectivity index is 2.12. The quantitative estimate of drug-likeness (QED) is 0.883. The van der Waals surface area contributed by atoms with Crippen molar-refractivity contribution in [1.82, 2.24) is 0 Å². The monoisotopic (exact) mass is 261 g/mol. The molecule has 1 heterocycles. The third-order valence-corrected chi connectivity index (χ3v) is 4.19. The van der Waals surface area contributed by atoms with E-state index >= 15 is 0 Å². The summed E-state index contributed by atoms with van der Waals surface area (Å²) in [7, 11) is 0. The van der Waals surface area contributed by atoms with Gasteiger partial charge in [-0.3, -0.25) is 0 Å². The Morgan fingerprint density at radius 3 is 2.32 bits per heavy atom. The Morgan fingerprint density at radius 1 is 1.21 bits per heavy atom. The molecule has 0 spiro atoms. The van der Waals surface area contributed by atoms with Crippen LogP contribution >= 0.6 is 0 Å². The first-order chi connectivity index (χ1) is 8.89. The molecule has 1 saturated heterocycles. The van der Waals surface area contributed by atoms with Crippen LogP contribution in [0.5, 0.6) is 0 Å². The van der Waals surface area contributed by atoms with E-state index in [1.165, 1.54) is 0 Å². The molecular weight excluding hydrogens is 238 g/mol. The largest absolute Gasteiger partial charge is 0.478 e. The Morgan fingerprint density at radius 2 is 1.79 bits per heavy atom. The first-order valence-electron chi connectivity index (χ1n) is 6.97. The third-order valence-electron chi connectivity index (χ3n) is 4.19. The molecule has 0 radical (unpaired) electrons. The molecule has 1 aromatic carbocycles. The lowest BCUT2D eigenvalue weighted by molar-refractivity contribution is 0.0697. The maximum absolute atomic E-state index is 11.3. The molecule has 3 nitrogen and oxygen atoms in total. The molecule has 0 saturated carbocycles. The lowest BCUT2D eigenvalue weighted by atomic mass is 9.75. The van der Waals surface area contributed by atoms with E-state index < -0.39 is 5.97 Å². The van der Waals surface area contributed by atoms with Gasteiger partial charge in [0.2, 0.25) is 0 Å².